The molecule has 0 saturated heterocycles. The highest BCUT2D eigenvalue weighted by Gasteiger charge is 2.07. The molecule has 5 heteroatoms. The summed E-state index contributed by atoms with van der Waals surface area (Å²) in [7, 11) is 0. The van der Waals surface area contributed by atoms with Gasteiger partial charge in [0.2, 0.25) is 5.91 Å². The first-order valence-corrected chi connectivity index (χ1v) is 6.73. The summed E-state index contributed by atoms with van der Waals surface area (Å²) in [4.78, 5) is 11.5. The minimum Gasteiger partial charge on any atom is -0.352 e. The summed E-state index contributed by atoms with van der Waals surface area (Å²) in [6.07, 6.45) is 1.18. The van der Waals surface area contributed by atoms with Crippen LogP contribution in [0.1, 0.15) is 25.3 Å². The number of hydrogen-bond acceptors (Lipinski definition) is 2. The highest BCUT2D eigenvalue weighted by molar-refractivity contribution is 9.10. The molecule has 3 nitrogen and oxygen atoms in total. The smallest absolute Gasteiger partial charge is 0.220 e. The van der Waals surface area contributed by atoms with Crippen LogP contribution < -0.4 is 11.1 Å². The van der Waals surface area contributed by atoms with Gasteiger partial charge in [0.15, 0.2) is 0 Å². The fourth-order valence-electron chi connectivity index (χ4n) is 1.46. The standard InChI is InChI=1S/C13H18BrFN2O/c1-9(7-16)2-5-13(18)17-8-10-6-11(14)3-4-12(10)15/h3-4,6,9H,2,5,7-8,16H2,1H3,(H,17,18). The predicted molar refractivity (Wildman–Crippen MR) is 73.4 cm³/mol. The van der Waals surface area contributed by atoms with Crippen LogP contribution in [0.4, 0.5) is 4.39 Å². The van der Waals surface area contributed by atoms with E-state index in [2.05, 4.69) is 21.2 Å². The number of rotatable bonds is 6. The first-order valence-electron chi connectivity index (χ1n) is 5.93. The lowest BCUT2D eigenvalue weighted by Gasteiger charge is -2.09. The number of halogens is 2. The van der Waals surface area contributed by atoms with Crippen molar-refractivity contribution in [3.63, 3.8) is 0 Å². The summed E-state index contributed by atoms with van der Waals surface area (Å²) < 4.78 is 14.2. The SMILES string of the molecule is CC(CN)CCC(=O)NCc1cc(Br)ccc1F. The Morgan fingerprint density at radius 1 is 1.56 bits per heavy atom. The molecule has 3 N–H and O–H groups in total. The van der Waals surface area contributed by atoms with E-state index in [9.17, 15) is 9.18 Å². The highest BCUT2D eigenvalue weighted by Crippen LogP contribution is 2.15. The van der Waals surface area contributed by atoms with E-state index in [1.54, 1.807) is 12.1 Å². The molecule has 0 bridgehead atoms. The molecule has 1 aromatic carbocycles. The van der Waals surface area contributed by atoms with E-state index in [-0.39, 0.29) is 18.3 Å². The third-order valence-electron chi connectivity index (χ3n) is 2.75. The third-order valence-corrected chi connectivity index (χ3v) is 3.24. The molecule has 0 aliphatic carbocycles. The summed E-state index contributed by atoms with van der Waals surface area (Å²) in [6, 6.07) is 4.67. The summed E-state index contributed by atoms with van der Waals surface area (Å²) >= 11 is 3.27. The van der Waals surface area contributed by atoms with E-state index in [0.717, 1.165) is 10.9 Å². The lowest BCUT2D eigenvalue weighted by atomic mass is 10.1. The zero-order valence-corrected chi connectivity index (χ0v) is 12.0. The Labute approximate surface area is 115 Å². The third kappa shape index (κ3) is 5.14. The Kier molecular flexibility index (Phi) is 6.29. The van der Waals surface area contributed by atoms with Crippen LogP contribution in [-0.4, -0.2) is 12.5 Å². The maximum absolute atomic E-state index is 13.4. The second-order valence-corrected chi connectivity index (χ2v) is 5.31. The molecule has 100 valence electrons. The van der Waals surface area contributed by atoms with E-state index >= 15 is 0 Å². The maximum Gasteiger partial charge on any atom is 0.220 e. The van der Waals surface area contributed by atoms with Crippen molar-refractivity contribution >= 4 is 21.8 Å². The molecule has 0 heterocycles. The molecule has 1 atom stereocenters. The largest absolute Gasteiger partial charge is 0.352 e. The maximum atomic E-state index is 13.4. The lowest BCUT2D eigenvalue weighted by molar-refractivity contribution is -0.121. The highest BCUT2D eigenvalue weighted by atomic mass is 79.9. The Morgan fingerprint density at radius 2 is 2.28 bits per heavy atom. The number of amides is 1. The Morgan fingerprint density at radius 3 is 2.94 bits per heavy atom. The minimum atomic E-state index is -0.311. The fourth-order valence-corrected chi connectivity index (χ4v) is 1.86. The summed E-state index contributed by atoms with van der Waals surface area (Å²) in [5.41, 5.74) is 5.95. The zero-order valence-electron chi connectivity index (χ0n) is 10.4. The Hall–Kier alpha value is -0.940. The quantitative estimate of drug-likeness (QED) is 0.847. The number of benzene rings is 1. The van der Waals surface area contributed by atoms with Crippen molar-refractivity contribution < 1.29 is 9.18 Å². The number of carbonyl (C=O) groups is 1. The van der Waals surface area contributed by atoms with Gasteiger partial charge in [0.25, 0.3) is 0 Å². The van der Waals surface area contributed by atoms with Crippen molar-refractivity contribution in [2.75, 3.05) is 6.54 Å². The van der Waals surface area contributed by atoms with Gasteiger partial charge in [-0.1, -0.05) is 22.9 Å². The van der Waals surface area contributed by atoms with E-state index in [1.807, 2.05) is 6.92 Å². The lowest BCUT2D eigenvalue weighted by Crippen LogP contribution is -2.24. The van der Waals surface area contributed by atoms with Crippen LogP contribution in [0.25, 0.3) is 0 Å². The van der Waals surface area contributed by atoms with Gasteiger partial charge in [-0.25, -0.2) is 4.39 Å². The number of nitrogens with one attached hydrogen (secondary N) is 1. The molecule has 0 aromatic heterocycles. The summed E-state index contributed by atoms with van der Waals surface area (Å²) in [5.74, 6) is -0.0538. The van der Waals surface area contributed by atoms with Crippen LogP contribution in [-0.2, 0) is 11.3 Å². The minimum absolute atomic E-state index is 0.0744. The molecule has 0 aliphatic heterocycles. The fraction of sp³-hybridized carbons (Fsp3) is 0.462. The number of carbonyl (C=O) groups excluding carboxylic acids is 1. The molecule has 0 radical (unpaired) electrons. The average Bonchev–Trinajstić information content (AvgIpc) is 2.36. The van der Waals surface area contributed by atoms with Gasteiger partial charge in [-0.05, 0) is 37.1 Å². The van der Waals surface area contributed by atoms with Crippen molar-refractivity contribution in [1.29, 1.82) is 0 Å². The van der Waals surface area contributed by atoms with Gasteiger partial charge in [-0.15, -0.1) is 0 Å². The van der Waals surface area contributed by atoms with Crippen LogP contribution in [0.15, 0.2) is 22.7 Å². The monoisotopic (exact) mass is 316 g/mol. The van der Waals surface area contributed by atoms with Crippen LogP contribution in [0.2, 0.25) is 0 Å². The van der Waals surface area contributed by atoms with E-state index < -0.39 is 0 Å². The van der Waals surface area contributed by atoms with Crippen LogP contribution in [0, 0.1) is 11.7 Å². The molecular formula is C13H18BrFN2O. The van der Waals surface area contributed by atoms with Crippen molar-refractivity contribution in [1.82, 2.24) is 5.32 Å². The van der Waals surface area contributed by atoms with Crippen molar-refractivity contribution in [3.05, 3.63) is 34.1 Å². The number of hydrogen-bond donors (Lipinski definition) is 2. The second-order valence-electron chi connectivity index (χ2n) is 4.39. The van der Waals surface area contributed by atoms with Gasteiger partial charge in [0.1, 0.15) is 5.82 Å². The van der Waals surface area contributed by atoms with E-state index in [1.165, 1.54) is 6.07 Å². The Balaban J connectivity index is 2.40. The van der Waals surface area contributed by atoms with E-state index in [4.69, 9.17) is 5.73 Å². The first kappa shape index (κ1) is 15.1. The second kappa shape index (κ2) is 7.48. The van der Waals surface area contributed by atoms with Crippen LogP contribution >= 0.6 is 15.9 Å². The van der Waals surface area contributed by atoms with Gasteiger partial charge >= 0.3 is 0 Å². The molecule has 1 aromatic rings. The molecule has 0 aliphatic rings. The molecule has 0 saturated carbocycles. The molecular weight excluding hydrogens is 299 g/mol. The van der Waals surface area contributed by atoms with Gasteiger partial charge in [0.05, 0.1) is 0 Å². The van der Waals surface area contributed by atoms with Crippen molar-refractivity contribution in [3.8, 4) is 0 Å². The normalized spacial score (nSPS) is 12.2. The van der Waals surface area contributed by atoms with Gasteiger partial charge in [-0.2, -0.15) is 0 Å². The number of nitrogens with two attached hydrogens (primary N) is 1. The predicted octanol–water partition coefficient (Wildman–Crippen LogP) is 2.58. The van der Waals surface area contributed by atoms with Gasteiger partial charge in [-0.3, -0.25) is 4.79 Å². The first-order chi connectivity index (χ1) is 8.52. The molecule has 18 heavy (non-hydrogen) atoms. The van der Waals surface area contributed by atoms with Gasteiger partial charge < -0.3 is 11.1 Å². The molecule has 1 rings (SSSR count). The van der Waals surface area contributed by atoms with Crippen LogP contribution in [0.5, 0.6) is 0 Å². The molecule has 1 unspecified atom stereocenters. The summed E-state index contributed by atoms with van der Waals surface area (Å²) in [6.45, 7) is 2.79. The topological polar surface area (TPSA) is 55.1 Å². The zero-order chi connectivity index (χ0) is 13.5. The van der Waals surface area contributed by atoms with Crippen molar-refractivity contribution in [2.24, 2.45) is 11.7 Å². The van der Waals surface area contributed by atoms with Crippen molar-refractivity contribution in [2.45, 2.75) is 26.3 Å². The molecule has 0 fully saturated rings. The summed E-state index contributed by atoms with van der Waals surface area (Å²) in [5, 5.41) is 2.71. The van der Waals surface area contributed by atoms with E-state index in [0.29, 0.717) is 24.4 Å². The molecule has 0 spiro atoms. The molecule has 1 amide bonds. The average molecular weight is 317 g/mol. The Bertz CT molecular complexity index is 412. The van der Waals surface area contributed by atoms with Crippen LogP contribution in [0.3, 0.4) is 0 Å². The van der Waals surface area contributed by atoms with Gasteiger partial charge in [0, 0.05) is 23.0 Å².